The highest BCUT2D eigenvalue weighted by molar-refractivity contribution is 7.20. The predicted octanol–water partition coefficient (Wildman–Crippen LogP) is 5.89. The van der Waals surface area contributed by atoms with Gasteiger partial charge in [0.15, 0.2) is 11.7 Å². The molecule has 0 saturated carbocycles. The highest BCUT2D eigenvalue weighted by atomic mass is 35.5. The summed E-state index contributed by atoms with van der Waals surface area (Å²) >= 11 is 12.5. The van der Waals surface area contributed by atoms with Crippen LogP contribution in [0.1, 0.15) is 20.9 Å². The van der Waals surface area contributed by atoms with Gasteiger partial charge in [-0.1, -0.05) is 23.2 Å². The normalized spacial score (nSPS) is 12.4. The first-order valence-corrected chi connectivity index (χ1v) is 9.77. The molecule has 1 unspecified atom stereocenters. The first kappa shape index (κ1) is 22.0. The summed E-state index contributed by atoms with van der Waals surface area (Å²) in [4.78, 5) is 28.9. The number of ketones is 1. The van der Waals surface area contributed by atoms with Crippen LogP contribution < -0.4 is 5.32 Å². The van der Waals surface area contributed by atoms with Crippen LogP contribution in [-0.2, 0) is 11.0 Å². The summed E-state index contributed by atoms with van der Waals surface area (Å²) in [5, 5.41) is 12.6. The fourth-order valence-electron chi connectivity index (χ4n) is 2.66. The number of nitrogens with zero attached hydrogens (tertiary/aromatic N) is 2. The van der Waals surface area contributed by atoms with E-state index >= 15 is 0 Å². The number of hydrogen-bond acceptors (Lipinski definition) is 5. The van der Waals surface area contributed by atoms with Crippen molar-refractivity contribution in [2.75, 3.05) is 5.32 Å². The van der Waals surface area contributed by atoms with Gasteiger partial charge in [-0.15, -0.1) is 11.3 Å². The van der Waals surface area contributed by atoms with Gasteiger partial charge in [0.2, 0.25) is 5.91 Å². The molecule has 11 heteroatoms. The lowest BCUT2D eigenvalue weighted by molar-refractivity contribution is -0.140. The number of anilines is 1. The van der Waals surface area contributed by atoms with E-state index < -0.39 is 29.5 Å². The highest BCUT2D eigenvalue weighted by Crippen LogP contribution is 2.35. The Morgan fingerprint density at radius 3 is 2.53 bits per heavy atom. The molecule has 0 radical (unpaired) electrons. The van der Waals surface area contributed by atoms with Gasteiger partial charge in [-0.2, -0.15) is 18.4 Å². The molecule has 0 aliphatic heterocycles. The Morgan fingerprint density at radius 1 is 1.23 bits per heavy atom. The van der Waals surface area contributed by atoms with Gasteiger partial charge in [0, 0.05) is 10.4 Å². The molecule has 0 aliphatic rings. The number of rotatable bonds is 4. The monoisotopic (exact) mass is 471 g/mol. The molecule has 1 amide bonds. The third-order valence-corrected chi connectivity index (χ3v) is 5.92. The van der Waals surface area contributed by atoms with Gasteiger partial charge in [0.25, 0.3) is 0 Å². The summed E-state index contributed by atoms with van der Waals surface area (Å²) in [6.45, 7) is 1.52. The summed E-state index contributed by atoms with van der Waals surface area (Å²) in [6.07, 6.45) is -4.64. The number of aromatic nitrogens is 1. The second-order valence-electron chi connectivity index (χ2n) is 6.14. The van der Waals surface area contributed by atoms with Crippen LogP contribution in [0.15, 0.2) is 30.3 Å². The first-order chi connectivity index (χ1) is 14.0. The average molecular weight is 472 g/mol. The maximum atomic E-state index is 12.9. The van der Waals surface area contributed by atoms with Gasteiger partial charge in [0.1, 0.15) is 10.5 Å². The number of carbonyl (C=O) groups excluding carboxylic acids is 2. The number of alkyl halides is 3. The number of hydrogen-bond donors (Lipinski definition) is 1. The van der Waals surface area contributed by atoms with Crippen molar-refractivity contribution in [3.63, 3.8) is 0 Å². The minimum atomic E-state index is -4.64. The third-order valence-electron chi connectivity index (χ3n) is 4.16. The zero-order chi connectivity index (χ0) is 22.2. The highest BCUT2D eigenvalue weighted by Gasteiger charge is 2.34. The quantitative estimate of drug-likeness (QED) is 0.379. The van der Waals surface area contributed by atoms with E-state index in [0.29, 0.717) is 27.3 Å². The van der Waals surface area contributed by atoms with Gasteiger partial charge in [0.05, 0.1) is 21.7 Å². The van der Waals surface area contributed by atoms with Crippen molar-refractivity contribution in [3.8, 4) is 6.07 Å². The smallest absolute Gasteiger partial charge is 0.323 e. The van der Waals surface area contributed by atoms with E-state index in [1.165, 1.54) is 31.2 Å². The van der Waals surface area contributed by atoms with E-state index in [9.17, 15) is 28.0 Å². The molecule has 0 fully saturated rings. The van der Waals surface area contributed by atoms with Crippen LogP contribution >= 0.6 is 34.5 Å². The second-order valence-corrected chi connectivity index (χ2v) is 7.99. The maximum absolute atomic E-state index is 12.9. The molecule has 2 aromatic heterocycles. The first-order valence-electron chi connectivity index (χ1n) is 8.20. The molecule has 30 heavy (non-hydrogen) atoms. The van der Waals surface area contributed by atoms with Crippen molar-refractivity contribution in [1.82, 2.24) is 4.98 Å². The van der Waals surface area contributed by atoms with Crippen molar-refractivity contribution < 1.29 is 22.8 Å². The molecule has 0 bridgehead atoms. The Hall–Kier alpha value is -2.67. The number of pyridine rings is 1. The van der Waals surface area contributed by atoms with Crippen molar-refractivity contribution >= 4 is 62.1 Å². The van der Waals surface area contributed by atoms with E-state index in [4.69, 9.17) is 23.2 Å². The Bertz CT molecular complexity index is 1220. The zero-order valence-electron chi connectivity index (χ0n) is 15.0. The number of amides is 1. The topological polar surface area (TPSA) is 82.8 Å². The molecule has 1 N–H and O–H groups in total. The van der Waals surface area contributed by atoms with E-state index in [0.717, 1.165) is 6.07 Å². The fraction of sp³-hybridized carbons (Fsp3) is 0.158. The average Bonchev–Trinajstić information content (AvgIpc) is 3.00. The second kappa shape index (κ2) is 8.22. The molecule has 0 aliphatic carbocycles. The van der Waals surface area contributed by atoms with Crippen LogP contribution in [0.2, 0.25) is 10.0 Å². The van der Waals surface area contributed by atoms with E-state index in [1.807, 2.05) is 0 Å². The van der Waals surface area contributed by atoms with Crippen LogP contribution in [0.3, 0.4) is 0 Å². The Kier molecular flexibility index (Phi) is 6.04. The summed E-state index contributed by atoms with van der Waals surface area (Å²) in [7, 11) is 0. The summed E-state index contributed by atoms with van der Waals surface area (Å²) in [6, 6.07) is 7.91. The van der Waals surface area contributed by atoms with Gasteiger partial charge < -0.3 is 5.32 Å². The number of aryl methyl sites for hydroxylation is 1. The van der Waals surface area contributed by atoms with Gasteiger partial charge >= 0.3 is 6.18 Å². The van der Waals surface area contributed by atoms with Gasteiger partial charge in [-0.3, -0.25) is 9.59 Å². The summed E-state index contributed by atoms with van der Waals surface area (Å²) < 4.78 is 38.7. The van der Waals surface area contributed by atoms with Crippen molar-refractivity contribution in [3.05, 3.63) is 56.5 Å². The molecule has 5 nitrogen and oxygen atoms in total. The molecule has 0 spiro atoms. The molecule has 0 saturated heterocycles. The standard InChI is InChI=1S/C19H10Cl2F3N3O2S/c1-8-10-3-5-14(19(22,23)24)27-18(10)30-16(8)15(28)11(7-25)17(29)26-13-4-2-9(20)6-12(13)21/h2-6,11H,1H3,(H,26,29). The number of benzene rings is 1. The molecule has 3 rings (SSSR count). The van der Waals surface area contributed by atoms with Crippen molar-refractivity contribution in [1.29, 1.82) is 5.26 Å². The lowest BCUT2D eigenvalue weighted by atomic mass is 10.0. The summed E-state index contributed by atoms with van der Waals surface area (Å²) in [5.41, 5.74) is -0.593. The Morgan fingerprint density at radius 2 is 1.93 bits per heavy atom. The molecular formula is C19H10Cl2F3N3O2S. The van der Waals surface area contributed by atoms with E-state index in [-0.39, 0.29) is 20.4 Å². The van der Waals surface area contributed by atoms with E-state index in [2.05, 4.69) is 10.3 Å². The lowest BCUT2D eigenvalue weighted by Gasteiger charge is -2.10. The SMILES string of the molecule is Cc1c(C(=O)C(C#N)C(=O)Nc2ccc(Cl)cc2Cl)sc2nc(C(F)(F)F)ccc12. The molecule has 1 aromatic carbocycles. The lowest BCUT2D eigenvalue weighted by Crippen LogP contribution is -2.28. The largest absolute Gasteiger partial charge is 0.433 e. The molecule has 3 aromatic rings. The van der Waals surface area contributed by atoms with Gasteiger partial charge in [-0.05, 0) is 42.8 Å². The predicted molar refractivity (Wildman–Crippen MR) is 108 cm³/mol. The summed E-state index contributed by atoms with van der Waals surface area (Å²) in [5.74, 6) is -3.49. The molecule has 2 heterocycles. The van der Waals surface area contributed by atoms with Gasteiger partial charge in [-0.25, -0.2) is 4.98 Å². The fourth-order valence-corrected chi connectivity index (χ4v) is 4.26. The maximum Gasteiger partial charge on any atom is 0.433 e. The van der Waals surface area contributed by atoms with Crippen LogP contribution in [0.5, 0.6) is 0 Å². The molecule has 154 valence electrons. The zero-order valence-corrected chi connectivity index (χ0v) is 17.3. The number of fused-ring (bicyclic) bond motifs is 1. The van der Waals surface area contributed by atoms with E-state index in [1.54, 1.807) is 6.07 Å². The number of nitrogens with one attached hydrogen (secondary N) is 1. The third kappa shape index (κ3) is 4.26. The number of nitriles is 1. The Labute approximate surface area is 182 Å². The van der Waals surface area contributed by atoms with Crippen LogP contribution in [0.25, 0.3) is 10.2 Å². The number of carbonyl (C=O) groups is 2. The molecule has 1 atom stereocenters. The molecular weight excluding hydrogens is 462 g/mol. The van der Waals surface area contributed by atoms with Crippen molar-refractivity contribution in [2.24, 2.45) is 5.92 Å². The van der Waals surface area contributed by atoms with Crippen LogP contribution in [-0.4, -0.2) is 16.7 Å². The van der Waals surface area contributed by atoms with Crippen LogP contribution in [0.4, 0.5) is 18.9 Å². The van der Waals surface area contributed by atoms with Crippen LogP contribution in [0, 0.1) is 24.2 Å². The minimum absolute atomic E-state index is 0.0106. The minimum Gasteiger partial charge on any atom is -0.323 e. The van der Waals surface area contributed by atoms with Crippen molar-refractivity contribution in [2.45, 2.75) is 13.1 Å². The Balaban J connectivity index is 1.93. The number of Topliss-reactive ketones (excluding diaryl/α,β-unsaturated/α-hetero) is 1. The number of halogens is 5. The number of thiophene rings is 1.